The Kier molecular flexibility index (Phi) is 5.22. The van der Waals surface area contributed by atoms with Crippen LogP contribution in [0.3, 0.4) is 0 Å². The lowest BCUT2D eigenvalue weighted by atomic mass is 10.1. The Balaban J connectivity index is 1.62. The Morgan fingerprint density at radius 1 is 0.966 bits per heavy atom. The monoisotopic (exact) mass is 408 g/mol. The molecule has 0 aliphatic rings. The van der Waals surface area contributed by atoms with E-state index in [9.17, 15) is 8.42 Å². The van der Waals surface area contributed by atoms with Crippen molar-refractivity contribution in [1.29, 1.82) is 0 Å². The fourth-order valence-corrected chi connectivity index (χ4v) is 4.14. The molecule has 0 amide bonds. The molecular formula is C20H20N6O2S. The molecule has 0 fully saturated rings. The maximum Gasteiger partial charge on any atom is 0.232 e. The first-order valence-electron chi connectivity index (χ1n) is 9.30. The van der Waals surface area contributed by atoms with E-state index in [1.165, 1.54) is 0 Å². The van der Waals surface area contributed by atoms with Gasteiger partial charge in [-0.25, -0.2) is 8.42 Å². The molecular weight excluding hydrogens is 388 g/mol. The van der Waals surface area contributed by atoms with Gasteiger partial charge < -0.3 is 0 Å². The third-order valence-corrected chi connectivity index (χ3v) is 5.75. The molecule has 0 radical (unpaired) electrons. The Labute approximate surface area is 168 Å². The number of hydrogen-bond acceptors (Lipinski definition) is 6. The summed E-state index contributed by atoms with van der Waals surface area (Å²) in [5.74, 6) is 0.677. The van der Waals surface area contributed by atoms with Crippen molar-refractivity contribution in [3.63, 3.8) is 0 Å². The summed E-state index contributed by atoms with van der Waals surface area (Å²) in [4.78, 5) is 4.31. The van der Waals surface area contributed by atoms with Crippen molar-refractivity contribution in [3.8, 4) is 22.8 Å². The van der Waals surface area contributed by atoms with Crippen molar-refractivity contribution < 1.29 is 8.42 Å². The second-order valence-electron chi connectivity index (χ2n) is 6.58. The third-order valence-electron chi connectivity index (χ3n) is 4.38. The van der Waals surface area contributed by atoms with Gasteiger partial charge in [-0.15, -0.1) is 10.2 Å². The van der Waals surface area contributed by atoms with Crippen molar-refractivity contribution in [3.05, 3.63) is 60.8 Å². The minimum absolute atomic E-state index is 0.118. The van der Waals surface area contributed by atoms with Crippen LogP contribution in [0.2, 0.25) is 0 Å². The topological polar surface area (TPSA) is 102 Å². The molecule has 0 saturated heterocycles. The van der Waals surface area contributed by atoms with Gasteiger partial charge in [-0.3, -0.25) is 9.71 Å². The standard InChI is InChI=1S/C20H20N6O2S/c1-2-3-14-29(27,28)25-16-9-7-15(8-10-16)17-11-12-19-22-23-20(26(19)24-17)18-6-4-5-13-21-18/h4-13,25H,2-3,14H2,1H3. The molecule has 0 bridgehead atoms. The van der Waals surface area contributed by atoms with Gasteiger partial charge in [0.25, 0.3) is 0 Å². The fraction of sp³-hybridized carbons (Fsp3) is 0.200. The summed E-state index contributed by atoms with van der Waals surface area (Å²) in [7, 11) is -3.33. The van der Waals surface area contributed by atoms with E-state index in [0.29, 0.717) is 29.3 Å². The first-order valence-corrected chi connectivity index (χ1v) is 11.0. The molecule has 29 heavy (non-hydrogen) atoms. The number of nitrogens with one attached hydrogen (secondary N) is 1. The van der Waals surface area contributed by atoms with Crippen LogP contribution in [-0.4, -0.2) is 39.0 Å². The summed E-state index contributed by atoms with van der Waals surface area (Å²) in [6.45, 7) is 1.96. The second-order valence-corrected chi connectivity index (χ2v) is 8.42. The van der Waals surface area contributed by atoms with Gasteiger partial charge in [-0.2, -0.15) is 9.61 Å². The van der Waals surface area contributed by atoms with Gasteiger partial charge in [0.15, 0.2) is 5.65 Å². The largest absolute Gasteiger partial charge is 0.284 e. The molecule has 3 heterocycles. The summed E-state index contributed by atoms with van der Waals surface area (Å²) in [5, 5.41) is 13.0. The zero-order chi connectivity index (χ0) is 20.3. The average Bonchev–Trinajstić information content (AvgIpc) is 3.16. The van der Waals surface area contributed by atoms with Crippen LogP contribution >= 0.6 is 0 Å². The predicted molar refractivity (Wildman–Crippen MR) is 112 cm³/mol. The fourth-order valence-electron chi connectivity index (χ4n) is 2.87. The zero-order valence-corrected chi connectivity index (χ0v) is 16.7. The molecule has 0 unspecified atom stereocenters. The molecule has 9 heteroatoms. The molecule has 148 valence electrons. The Morgan fingerprint density at radius 3 is 2.52 bits per heavy atom. The van der Waals surface area contributed by atoms with Crippen LogP contribution in [-0.2, 0) is 10.0 Å². The Morgan fingerprint density at radius 2 is 1.79 bits per heavy atom. The van der Waals surface area contributed by atoms with Crippen LogP contribution in [0.5, 0.6) is 0 Å². The highest BCUT2D eigenvalue weighted by atomic mass is 32.2. The van der Waals surface area contributed by atoms with E-state index in [4.69, 9.17) is 0 Å². The number of anilines is 1. The van der Waals surface area contributed by atoms with Gasteiger partial charge >= 0.3 is 0 Å². The van der Waals surface area contributed by atoms with Crippen LogP contribution in [0.4, 0.5) is 5.69 Å². The second kappa shape index (κ2) is 7.96. The minimum atomic E-state index is -3.33. The molecule has 0 atom stereocenters. The van der Waals surface area contributed by atoms with Crippen LogP contribution in [0.25, 0.3) is 28.4 Å². The number of nitrogens with zero attached hydrogens (tertiary/aromatic N) is 5. The molecule has 4 rings (SSSR count). The number of aromatic nitrogens is 5. The number of pyridine rings is 1. The van der Waals surface area contributed by atoms with Crippen LogP contribution in [0.1, 0.15) is 19.8 Å². The maximum atomic E-state index is 12.1. The SMILES string of the molecule is CCCCS(=O)(=O)Nc1ccc(-c2ccc3nnc(-c4ccccn4)n3n2)cc1. The molecule has 0 saturated carbocycles. The van der Waals surface area contributed by atoms with Crippen LogP contribution in [0.15, 0.2) is 60.8 Å². The van der Waals surface area contributed by atoms with Gasteiger partial charge in [0.05, 0.1) is 11.4 Å². The van der Waals surface area contributed by atoms with Crippen molar-refractivity contribution >= 4 is 21.4 Å². The number of unbranched alkanes of at least 4 members (excludes halogenated alkanes) is 1. The van der Waals surface area contributed by atoms with Gasteiger partial charge in [0.1, 0.15) is 5.69 Å². The molecule has 0 spiro atoms. The summed E-state index contributed by atoms with van der Waals surface area (Å²) in [6, 6.07) is 16.4. The molecule has 4 aromatic rings. The van der Waals surface area contributed by atoms with Crippen molar-refractivity contribution in [2.24, 2.45) is 0 Å². The molecule has 1 aromatic carbocycles. The molecule has 0 aliphatic heterocycles. The molecule has 0 aliphatic carbocycles. The smallest absolute Gasteiger partial charge is 0.232 e. The van der Waals surface area contributed by atoms with Crippen LogP contribution < -0.4 is 4.72 Å². The maximum absolute atomic E-state index is 12.1. The van der Waals surface area contributed by atoms with Crippen molar-refractivity contribution in [1.82, 2.24) is 24.8 Å². The highest BCUT2D eigenvalue weighted by Crippen LogP contribution is 2.22. The number of rotatable bonds is 7. The molecule has 1 N–H and O–H groups in total. The Bertz CT molecular complexity index is 1220. The summed E-state index contributed by atoms with van der Waals surface area (Å²) in [6.07, 6.45) is 3.16. The lowest BCUT2D eigenvalue weighted by molar-refractivity contribution is 0.598. The number of sulfonamides is 1. The predicted octanol–water partition coefficient (Wildman–Crippen LogP) is 3.40. The van der Waals surface area contributed by atoms with E-state index in [1.807, 2.05) is 49.4 Å². The van der Waals surface area contributed by atoms with E-state index < -0.39 is 10.0 Å². The van der Waals surface area contributed by atoms with E-state index in [2.05, 4.69) is 25.0 Å². The number of benzene rings is 1. The van der Waals surface area contributed by atoms with Gasteiger partial charge in [-0.05, 0) is 42.8 Å². The van der Waals surface area contributed by atoms with Gasteiger partial charge in [0, 0.05) is 17.4 Å². The van der Waals surface area contributed by atoms with Crippen molar-refractivity contribution in [2.75, 3.05) is 10.5 Å². The first kappa shape index (κ1) is 19.0. The quantitative estimate of drug-likeness (QED) is 0.503. The highest BCUT2D eigenvalue weighted by Gasteiger charge is 2.12. The summed E-state index contributed by atoms with van der Waals surface area (Å²) >= 11 is 0. The van der Waals surface area contributed by atoms with E-state index >= 15 is 0 Å². The Hall–Kier alpha value is -3.33. The van der Waals surface area contributed by atoms with Gasteiger partial charge in [0.2, 0.25) is 15.8 Å². The van der Waals surface area contributed by atoms with E-state index in [-0.39, 0.29) is 5.75 Å². The normalized spacial score (nSPS) is 11.6. The summed E-state index contributed by atoms with van der Waals surface area (Å²) in [5.41, 5.74) is 3.40. The van der Waals surface area contributed by atoms with Crippen molar-refractivity contribution in [2.45, 2.75) is 19.8 Å². The first-order chi connectivity index (χ1) is 14.1. The summed E-state index contributed by atoms with van der Waals surface area (Å²) < 4.78 is 28.4. The minimum Gasteiger partial charge on any atom is -0.284 e. The van der Waals surface area contributed by atoms with E-state index in [0.717, 1.165) is 17.7 Å². The average molecular weight is 408 g/mol. The third kappa shape index (κ3) is 4.24. The van der Waals surface area contributed by atoms with Gasteiger partial charge in [-0.1, -0.05) is 31.5 Å². The van der Waals surface area contributed by atoms with E-state index in [1.54, 1.807) is 22.8 Å². The lowest BCUT2D eigenvalue weighted by Gasteiger charge is -2.08. The molecule has 3 aromatic heterocycles. The van der Waals surface area contributed by atoms with Crippen LogP contribution in [0, 0.1) is 0 Å². The number of hydrogen-bond donors (Lipinski definition) is 1. The number of fused-ring (bicyclic) bond motifs is 1. The zero-order valence-electron chi connectivity index (χ0n) is 15.9. The lowest BCUT2D eigenvalue weighted by Crippen LogP contribution is -2.16. The molecule has 8 nitrogen and oxygen atoms in total. The highest BCUT2D eigenvalue weighted by molar-refractivity contribution is 7.92.